The van der Waals surface area contributed by atoms with E-state index in [-0.39, 0.29) is 6.04 Å². The van der Waals surface area contributed by atoms with Gasteiger partial charge in [-0.1, -0.05) is 0 Å². The average molecular weight is 187 g/mol. The molecule has 2 atom stereocenters. The summed E-state index contributed by atoms with van der Waals surface area (Å²) in [6.07, 6.45) is -1.12. The molecule has 0 spiro atoms. The molecule has 1 fully saturated rings. The first-order chi connectivity index (χ1) is 5.95. The lowest BCUT2D eigenvalue weighted by atomic mass is 10.1. The molecule has 5 nitrogen and oxygen atoms in total. The fourth-order valence-electron chi connectivity index (χ4n) is 1.48. The molecule has 1 aliphatic rings. The number of hydrogen-bond acceptors (Lipinski definition) is 3. The summed E-state index contributed by atoms with van der Waals surface area (Å²) in [6.45, 7) is 5.10. The Morgan fingerprint density at radius 1 is 1.62 bits per heavy atom. The van der Waals surface area contributed by atoms with E-state index in [1.54, 1.807) is 20.8 Å². The highest BCUT2D eigenvalue weighted by atomic mass is 16.6. The predicted octanol–water partition coefficient (Wildman–Crippen LogP) is 0.689. The molecule has 2 unspecified atom stereocenters. The third kappa shape index (κ3) is 1.59. The van der Waals surface area contributed by atoms with Crippen molar-refractivity contribution in [2.24, 2.45) is 0 Å². The Kier molecular flexibility index (Phi) is 2.45. The van der Waals surface area contributed by atoms with Crippen molar-refractivity contribution in [3.05, 3.63) is 0 Å². The highest BCUT2D eigenvalue weighted by Crippen LogP contribution is 2.21. The smallest absolute Gasteiger partial charge is 0.411 e. The maximum atomic E-state index is 11.2. The van der Waals surface area contributed by atoms with Crippen LogP contribution in [-0.4, -0.2) is 40.3 Å². The van der Waals surface area contributed by atoms with Gasteiger partial charge in [-0.2, -0.15) is 0 Å². The Hall–Kier alpha value is -1.26. The lowest BCUT2D eigenvalue weighted by molar-refractivity contribution is -0.143. The molecule has 13 heavy (non-hydrogen) atoms. The Bertz CT molecular complexity index is 238. The van der Waals surface area contributed by atoms with E-state index in [1.165, 1.54) is 4.90 Å². The molecule has 5 heteroatoms. The Balaban J connectivity index is 2.90. The molecular formula is C8H13NO4. The van der Waals surface area contributed by atoms with E-state index >= 15 is 0 Å². The van der Waals surface area contributed by atoms with Gasteiger partial charge in [0.05, 0.1) is 0 Å². The maximum Gasteiger partial charge on any atom is 0.411 e. The molecule has 0 aliphatic carbocycles. The van der Waals surface area contributed by atoms with E-state index in [0.717, 1.165) is 0 Å². The molecule has 1 heterocycles. The van der Waals surface area contributed by atoms with Gasteiger partial charge in [0.15, 0.2) is 6.04 Å². The zero-order valence-corrected chi connectivity index (χ0v) is 7.85. The van der Waals surface area contributed by atoms with Gasteiger partial charge in [-0.05, 0) is 20.8 Å². The van der Waals surface area contributed by atoms with Crippen molar-refractivity contribution in [2.45, 2.75) is 39.0 Å². The van der Waals surface area contributed by atoms with Crippen molar-refractivity contribution in [2.75, 3.05) is 0 Å². The molecule has 1 aliphatic heterocycles. The van der Waals surface area contributed by atoms with Gasteiger partial charge in [0.1, 0.15) is 6.10 Å². The number of rotatable bonds is 2. The van der Waals surface area contributed by atoms with Crippen LogP contribution >= 0.6 is 0 Å². The summed E-state index contributed by atoms with van der Waals surface area (Å²) >= 11 is 0. The molecule has 74 valence electrons. The zero-order valence-electron chi connectivity index (χ0n) is 7.85. The minimum Gasteiger partial charge on any atom is -0.480 e. The number of nitrogens with zero attached hydrogens (tertiary/aromatic N) is 1. The number of carbonyl (C=O) groups excluding carboxylic acids is 1. The number of cyclic esters (lactones) is 1. The molecule has 0 aromatic carbocycles. The first-order valence-electron chi connectivity index (χ1n) is 4.17. The molecule has 1 N–H and O–H groups in total. The van der Waals surface area contributed by atoms with Gasteiger partial charge in [-0.3, -0.25) is 4.90 Å². The molecular weight excluding hydrogens is 174 g/mol. The van der Waals surface area contributed by atoms with Crippen molar-refractivity contribution in [1.82, 2.24) is 4.90 Å². The first kappa shape index (κ1) is 9.83. The van der Waals surface area contributed by atoms with Gasteiger partial charge < -0.3 is 9.84 Å². The van der Waals surface area contributed by atoms with Crippen LogP contribution in [-0.2, 0) is 9.53 Å². The highest BCUT2D eigenvalue weighted by Gasteiger charge is 2.45. The lowest BCUT2D eigenvalue weighted by Crippen LogP contribution is -2.45. The van der Waals surface area contributed by atoms with Crippen LogP contribution in [0.15, 0.2) is 0 Å². The van der Waals surface area contributed by atoms with E-state index in [0.29, 0.717) is 0 Å². The van der Waals surface area contributed by atoms with Crippen LogP contribution in [0.3, 0.4) is 0 Å². The Labute approximate surface area is 76.3 Å². The van der Waals surface area contributed by atoms with Gasteiger partial charge in [0.2, 0.25) is 0 Å². The second-order valence-corrected chi connectivity index (χ2v) is 3.37. The molecule has 1 rings (SSSR count). The topological polar surface area (TPSA) is 66.8 Å². The van der Waals surface area contributed by atoms with Gasteiger partial charge >= 0.3 is 12.1 Å². The van der Waals surface area contributed by atoms with Gasteiger partial charge in [0.25, 0.3) is 0 Å². The van der Waals surface area contributed by atoms with Crippen LogP contribution in [0.4, 0.5) is 4.79 Å². The van der Waals surface area contributed by atoms with Gasteiger partial charge in [-0.15, -0.1) is 0 Å². The van der Waals surface area contributed by atoms with Crippen LogP contribution in [0.1, 0.15) is 20.8 Å². The average Bonchev–Trinajstić information content (AvgIpc) is 2.24. The summed E-state index contributed by atoms with van der Waals surface area (Å²) in [5.41, 5.74) is 0. The fraction of sp³-hybridized carbons (Fsp3) is 0.750. The molecule has 1 amide bonds. The molecule has 0 aromatic rings. The molecule has 0 aromatic heterocycles. The predicted molar refractivity (Wildman–Crippen MR) is 44.3 cm³/mol. The Morgan fingerprint density at radius 3 is 2.46 bits per heavy atom. The summed E-state index contributed by atoms with van der Waals surface area (Å²) in [6, 6.07) is -1.01. The van der Waals surface area contributed by atoms with Crippen LogP contribution in [0, 0.1) is 0 Å². The summed E-state index contributed by atoms with van der Waals surface area (Å²) < 4.78 is 4.82. The van der Waals surface area contributed by atoms with Crippen molar-refractivity contribution in [3.8, 4) is 0 Å². The SMILES string of the molecule is CC1OC(=O)N(C(C)C)C1C(=O)O. The summed E-state index contributed by atoms with van der Waals surface area (Å²) in [5, 5.41) is 8.85. The molecule has 0 radical (unpaired) electrons. The minimum atomic E-state index is -1.02. The van der Waals surface area contributed by atoms with Crippen LogP contribution < -0.4 is 0 Å². The van der Waals surface area contributed by atoms with E-state index in [9.17, 15) is 9.59 Å². The van der Waals surface area contributed by atoms with Crippen molar-refractivity contribution in [1.29, 1.82) is 0 Å². The quantitative estimate of drug-likeness (QED) is 0.690. The third-order valence-electron chi connectivity index (χ3n) is 2.05. The van der Waals surface area contributed by atoms with Crippen molar-refractivity contribution >= 4 is 12.1 Å². The second-order valence-electron chi connectivity index (χ2n) is 3.37. The standard InChI is InChI=1S/C8H13NO4/c1-4(2)9-6(7(10)11)5(3)13-8(9)12/h4-6H,1-3H3,(H,10,11). The number of hydrogen-bond donors (Lipinski definition) is 1. The maximum absolute atomic E-state index is 11.2. The van der Waals surface area contributed by atoms with E-state index in [2.05, 4.69) is 0 Å². The summed E-state index contributed by atoms with van der Waals surface area (Å²) in [5.74, 6) is -1.02. The van der Waals surface area contributed by atoms with Crippen LogP contribution in [0.2, 0.25) is 0 Å². The van der Waals surface area contributed by atoms with E-state index < -0.39 is 24.2 Å². The summed E-state index contributed by atoms with van der Waals surface area (Å²) in [7, 11) is 0. The lowest BCUT2D eigenvalue weighted by Gasteiger charge is -2.23. The monoisotopic (exact) mass is 187 g/mol. The number of carboxylic acids is 1. The molecule has 0 saturated carbocycles. The van der Waals surface area contributed by atoms with Crippen LogP contribution in [0.5, 0.6) is 0 Å². The van der Waals surface area contributed by atoms with E-state index in [1.807, 2.05) is 0 Å². The zero-order chi connectivity index (χ0) is 10.2. The van der Waals surface area contributed by atoms with Gasteiger partial charge in [-0.25, -0.2) is 9.59 Å². The number of carbonyl (C=O) groups is 2. The Morgan fingerprint density at radius 2 is 2.15 bits per heavy atom. The van der Waals surface area contributed by atoms with Crippen LogP contribution in [0.25, 0.3) is 0 Å². The van der Waals surface area contributed by atoms with Crippen molar-refractivity contribution in [3.63, 3.8) is 0 Å². The largest absolute Gasteiger partial charge is 0.480 e. The number of carboxylic acid groups (broad SMARTS) is 1. The number of ether oxygens (including phenoxy) is 1. The highest BCUT2D eigenvalue weighted by molar-refractivity contribution is 5.83. The first-order valence-corrected chi connectivity index (χ1v) is 4.17. The minimum absolute atomic E-state index is 0.154. The number of aliphatic carboxylic acids is 1. The van der Waals surface area contributed by atoms with Crippen molar-refractivity contribution < 1.29 is 19.4 Å². The molecule has 1 saturated heterocycles. The number of amides is 1. The molecule has 0 bridgehead atoms. The summed E-state index contributed by atoms with van der Waals surface area (Å²) in [4.78, 5) is 23.2. The fourth-order valence-corrected chi connectivity index (χ4v) is 1.48. The third-order valence-corrected chi connectivity index (χ3v) is 2.05. The van der Waals surface area contributed by atoms with E-state index in [4.69, 9.17) is 9.84 Å². The van der Waals surface area contributed by atoms with Gasteiger partial charge in [0, 0.05) is 6.04 Å². The second kappa shape index (κ2) is 3.24. The normalized spacial score (nSPS) is 28.0.